The minimum atomic E-state index is -0.0247. The zero-order chi connectivity index (χ0) is 15.4. The van der Waals surface area contributed by atoms with Crippen LogP contribution in [0.15, 0.2) is 6.20 Å². The second-order valence-corrected chi connectivity index (χ2v) is 6.15. The van der Waals surface area contributed by atoms with Crippen molar-refractivity contribution in [1.29, 1.82) is 0 Å². The molecule has 1 aromatic heterocycles. The highest BCUT2D eigenvalue weighted by molar-refractivity contribution is 5.49. The predicted molar refractivity (Wildman–Crippen MR) is 85.6 cm³/mol. The predicted octanol–water partition coefficient (Wildman–Crippen LogP) is 2.01. The third-order valence-electron chi connectivity index (χ3n) is 4.40. The van der Waals surface area contributed by atoms with E-state index in [9.17, 15) is 5.11 Å². The Balaban J connectivity index is 2.09. The molecule has 0 aromatic carbocycles. The minimum Gasteiger partial charge on any atom is -0.390 e. The molecule has 0 aliphatic carbocycles. The number of hydrogen-bond donors (Lipinski definition) is 1. The molecule has 1 aliphatic heterocycles. The maximum absolute atomic E-state index is 9.61. The monoisotopic (exact) mass is 292 g/mol. The summed E-state index contributed by atoms with van der Waals surface area (Å²) in [6, 6.07) is 0.643. The highest BCUT2D eigenvalue weighted by atomic mass is 16.3. The van der Waals surface area contributed by atoms with Crippen molar-refractivity contribution in [1.82, 2.24) is 14.9 Å². The van der Waals surface area contributed by atoms with Gasteiger partial charge in [-0.2, -0.15) is 0 Å². The summed E-state index contributed by atoms with van der Waals surface area (Å²) in [6.07, 6.45) is 3.07. The number of aliphatic hydroxyl groups excluding tert-OH is 1. The van der Waals surface area contributed by atoms with Crippen LogP contribution in [0.1, 0.15) is 51.6 Å². The van der Waals surface area contributed by atoms with Crippen LogP contribution < -0.4 is 4.90 Å². The summed E-state index contributed by atoms with van der Waals surface area (Å²) in [4.78, 5) is 13.8. The van der Waals surface area contributed by atoms with E-state index in [1.54, 1.807) is 0 Å². The number of aromatic nitrogens is 2. The van der Waals surface area contributed by atoms with E-state index in [2.05, 4.69) is 47.5 Å². The lowest BCUT2D eigenvalue weighted by atomic mass is 10.1. The summed E-state index contributed by atoms with van der Waals surface area (Å²) in [6.45, 7) is 12.7. The molecule has 0 spiro atoms. The van der Waals surface area contributed by atoms with Gasteiger partial charge in [-0.15, -0.1) is 0 Å². The Morgan fingerprint density at radius 1 is 1.19 bits per heavy atom. The number of nitrogens with zero attached hydrogens (tertiary/aromatic N) is 4. The van der Waals surface area contributed by atoms with E-state index in [-0.39, 0.29) is 12.5 Å². The SMILES string of the molecule is CCC(C)N1CCN(c2cnc(C(C)C)nc2CO)CC1. The van der Waals surface area contributed by atoms with Crippen LogP contribution in [0.25, 0.3) is 0 Å². The zero-order valence-corrected chi connectivity index (χ0v) is 13.7. The summed E-state index contributed by atoms with van der Waals surface area (Å²) in [7, 11) is 0. The fourth-order valence-corrected chi connectivity index (χ4v) is 2.75. The number of piperazine rings is 1. The number of rotatable bonds is 5. The average molecular weight is 292 g/mol. The second-order valence-electron chi connectivity index (χ2n) is 6.15. The van der Waals surface area contributed by atoms with Crippen LogP contribution >= 0.6 is 0 Å². The molecule has 0 saturated carbocycles. The first-order chi connectivity index (χ1) is 10.1. The lowest BCUT2D eigenvalue weighted by Gasteiger charge is -2.39. The maximum Gasteiger partial charge on any atom is 0.131 e. The first kappa shape index (κ1) is 16.2. The van der Waals surface area contributed by atoms with Crippen LogP contribution in [0, 0.1) is 0 Å². The molecule has 2 rings (SSSR count). The van der Waals surface area contributed by atoms with Crippen molar-refractivity contribution in [3.8, 4) is 0 Å². The summed E-state index contributed by atoms with van der Waals surface area (Å²) < 4.78 is 0. The van der Waals surface area contributed by atoms with Crippen LogP contribution in [0.5, 0.6) is 0 Å². The van der Waals surface area contributed by atoms with Gasteiger partial charge in [0, 0.05) is 38.1 Å². The minimum absolute atomic E-state index is 0.0247. The van der Waals surface area contributed by atoms with Gasteiger partial charge in [-0.05, 0) is 13.3 Å². The highest BCUT2D eigenvalue weighted by Crippen LogP contribution is 2.22. The molecular formula is C16H28N4O. The first-order valence-electron chi connectivity index (χ1n) is 8.02. The quantitative estimate of drug-likeness (QED) is 0.900. The van der Waals surface area contributed by atoms with Crippen molar-refractivity contribution in [2.24, 2.45) is 0 Å². The third kappa shape index (κ3) is 3.71. The fraction of sp³-hybridized carbons (Fsp3) is 0.750. The van der Waals surface area contributed by atoms with Gasteiger partial charge in [-0.25, -0.2) is 9.97 Å². The molecule has 1 N–H and O–H groups in total. The Morgan fingerprint density at radius 2 is 1.86 bits per heavy atom. The van der Waals surface area contributed by atoms with Gasteiger partial charge in [-0.1, -0.05) is 20.8 Å². The first-order valence-corrected chi connectivity index (χ1v) is 8.02. The lowest BCUT2D eigenvalue weighted by molar-refractivity contribution is 0.192. The lowest BCUT2D eigenvalue weighted by Crippen LogP contribution is -2.49. The van der Waals surface area contributed by atoms with Gasteiger partial charge in [0.05, 0.1) is 24.2 Å². The van der Waals surface area contributed by atoms with Gasteiger partial charge >= 0.3 is 0 Å². The highest BCUT2D eigenvalue weighted by Gasteiger charge is 2.22. The van der Waals surface area contributed by atoms with Crippen LogP contribution in [-0.4, -0.2) is 52.2 Å². The molecule has 0 bridgehead atoms. The number of hydrogen-bond acceptors (Lipinski definition) is 5. The summed E-state index contributed by atoms with van der Waals surface area (Å²) >= 11 is 0. The van der Waals surface area contributed by atoms with E-state index in [4.69, 9.17) is 0 Å². The number of aliphatic hydroxyl groups is 1. The molecule has 2 heterocycles. The van der Waals surface area contributed by atoms with Crippen molar-refractivity contribution in [3.63, 3.8) is 0 Å². The third-order valence-corrected chi connectivity index (χ3v) is 4.40. The molecule has 5 nitrogen and oxygen atoms in total. The van der Waals surface area contributed by atoms with Gasteiger partial charge in [0.25, 0.3) is 0 Å². The molecule has 1 atom stereocenters. The summed E-state index contributed by atoms with van der Waals surface area (Å²) in [5, 5.41) is 9.61. The Morgan fingerprint density at radius 3 is 2.38 bits per heavy atom. The van der Waals surface area contributed by atoms with Crippen molar-refractivity contribution >= 4 is 5.69 Å². The topological polar surface area (TPSA) is 52.5 Å². The molecule has 1 fully saturated rings. The van der Waals surface area contributed by atoms with E-state index in [0.717, 1.165) is 43.4 Å². The standard InChI is InChI=1S/C16H28N4O/c1-5-13(4)19-6-8-20(9-7-19)15-10-17-16(12(2)3)18-14(15)11-21/h10,12-13,21H,5-9,11H2,1-4H3. The smallest absolute Gasteiger partial charge is 0.131 e. The Labute approximate surface area is 128 Å². The Hall–Kier alpha value is -1.20. The van der Waals surface area contributed by atoms with Gasteiger partial charge in [0.2, 0.25) is 0 Å². The van der Waals surface area contributed by atoms with E-state index in [1.165, 1.54) is 6.42 Å². The second kappa shape index (κ2) is 7.18. The van der Waals surface area contributed by atoms with E-state index in [0.29, 0.717) is 6.04 Å². The van der Waals surface area contributed by atoms with E-state index >= 15 is 0 Å². The van der Waals surface area contributed by atoms with Gasteiger partial charge in [0.15, 0.2) is 0 Å². The van der Waals surface area contributed by atoms with Crippen LogP contribution in [-0.2, 0) is 6.61 Å². The Bertz CT molecular complexity index is 456. The van der Waals surface area contributed by atoms with Gasteiger partial charge < -0.3 is 10.0 Å². The molecule has 21 heavy (non-hydrogen) atoms. The molecule has 1 saturated heterocycles. The molecule has 5 heteroatoms. The number of anilines is 1. The zero-order valence-electron chi connectivity index (χ0n) is 13.7. The molecule has 1 aliphatic rings. The molecule has 0 amide bonds. The average Bonchev–Trinajstić information content (AvgIpc) is 2.53. The molecular weight excluding hydrogens is 264 g/mol. The van der Waals surface area contributed by atoms with Crippen molar-refractivity contribution in [2.45, 2.75) is 52.7 Å². The van der Waals surface area contributed by atoms with E-state index < -0.39 is 0 Å². The fourth-order valence-electron chi connectivity index (χ4n) is 2.75. The van der Waals surface area contributed by atoms with Gasteiger partial charge in [-0.3, -0.25) is 4.90 Å². The Kier molecular flexibility index (Phi) is 5.53. The molecule has 1 aromatic rings. The van der Waals surface area contributed by atoms with Gasteiger partial charge in [0.1, 0.15) is 5.82 Å². The molecule has 118 valence electrons. The van der Waals surface area contributed by atoms with Crippen LogP contribution in [0.4, 0.5) is 5.69 Å². The normalized spacial score (nSPS) is 18.3. The van der Waals surface area contributed by atoms with E-state index in [1.807, 2.05) is 6.20 Å². The summed E-state index contributed by atoms with van der Waals surface area (Å²) in [5.41, 5.74) is 1.75. The molecule has 1 unspecified atom stereocenters. The van der Waals surface area contributed by atoms with Crippen LogP contribution in [0.3, 0.4) is 0 Å². The largest absolute Gasteiger partial charge is 0.390 e. The van der Waals surface area contributed by atoms with Crippen molar-refractivity contribution in [3.05, 3.63) is 17.7 Å². The summed E-state index contributed by atoms with van der Waals surface area (Å²) in [5.74, 6) is 1.09. The molecule has 0 radical (unpaired) electrons. The van der Waals surface area contributed by atoms with Crippen LogP contribution in [0.2, 0.25) is 0 Å². The maximum atomic E-state index is 9.61. The van der Waals surface area contributed by atoms with Crippen molar-refractivity contribution in [2.75, 3.05) is 31.1 Å². The van der Waals surface area contributed by atoms with Crippen molar-refractivity contribution < 1.29 is 5.11 Å².